The molecule has 0 unspecified atom stereocenters. The van der Waals surface area contributed by atoms with Crippen molar-refractivity contribution in [1.82, 2.24) is 14.7 Å². The number of ether oxygens (including phenoxy) is 1. The molecule has 1 heterocycles. The molecule has 0 spiro atoms. The van der Waals surface area contributed by atoms with E-state index in [0.717, 1.165) is 22.3 Å². The highest BCUT2D eigenvalue weighted by Gasteiger charge is 2.32. The van der Waals surface area contributed by atoms with E-state index >= 15 is 0 Å². The normalized spacial score (nSPS) is 19.1. The van der Waals surface area contributed by atoms with Crippen molar-refractivity contribution in [2.75, 3.05) is 40.8 Å². The topological polar surface area (TPSA) is 73.3 Å². The highest BCUT2D eigenvalue weighted by molar-refractivity contribution is 6.01. The second-order valence-corrected chi connectivity index (χ2v) is 11.4. The summed E-state index contributed by atoms with van der Waals surface area (Å²) in [4.78, 5) is 33.2. The van der Waals surface area contributed by atoms with Gasteiger partial charge in [-0.15, -0.1) is 0 Å². The van der Waals surface area contributed by atoms with E-state index in [1.165, 1.54) is 0 Å². The van der Waals surface area contributed by atoms with Crippen LogP contribution >= 0.6 is 0 Å². The Morgan fingerprint density at radius 1 is 0.951 bits per heavy atom. The SMILES string of the molecule is C[C@H](CO)N1C[C@H](C)[C@H](CN(C)C(=O)[C@@H](Cc2ccccc2)N(C)C)OCc2ccccc2-c2ccccc2C1=O. The molecule has 0 aliphatic carbocycles. The van der Waals surface area contributed by atoms with E-state index in [4.69, 9.17) is 4.74 Å². The molecule has 0 bridgehead atoms. The van der Waals surface area contributed by atoms with Gasteiger partial charge in [0.15, 0.2) is 0 Å². The Labute approximate surface area is 244 Å². The third-order valence-corrected chi connectivity index (χ3v) is 8.10. The first-order valence-electron chi connectivity index (χ1n) is 14.4. The molecular formula is C34H43N3O4. The Hall–Kier alpha value is -3.52. The van der Waals surface area contributed by atoms with Gasteiger partial charge in [0.2, 0.25) is 5.91 Å². The Balaban J connectivity index is 1.65. The van der Waals surface area contributed by atoms with Crippen LogP contribution in [0.4, 0.5) is 0 Å². The first kappa shape index (κ1) is 30.4. The lowest BCUT2D eigenvalue weighted by atomic mass is 9.94. The maximum atomic E-state index is 14.0. The van der Waals surface area contributed by atoms with Crippen LogP contribution in [-0.4, -0.2) is 90.6 Å². The van der Waals surface area contributed by atoms with E-state index in [-0.39, 0.29) is 42.5 Å². The molecule has 0 saturated carbocycles. The predicted molar refractivity (Wildman–Crippen MR) is 162 cm³/mol. The minimum Gasteiger partial charge on any atom is -0.394 e. The van der Waals surface area contributed by atoms with E-state index in [2.05, 4.69) is 6.92 Å². The summed E-state index contributed by atoms with van der Waals surface area (Å²) >= 11 is 0. The van der Waals surface area contributed by atoms with Crippen LogP contribution in [0.1, 0.15) is 35.3 Å². The number of amides is 2. The molecule has 0 aromatic heterocycles. The molecule has 1 aliphatic heterocycles. The van der Waals surface area contributed by atoms with Gasteiger partial charge in [-0.05, 0) is 55.8 Å². The van der Waals surface area contributed by atoms with Crippen LogP contribution in [0, 0.1) is 5.92 Å². The van der Waals surface area contributed by atoms with Gasteiger partial charge in [0, 0.05) is 31.6 Å². The van der Waals surface area contributed by atoms with Crippen molar-refractivity contribution in [3.05, 3.63) is 95.6 Å². The fourth-order valence-electron chi connectivity index (χ4n) is 5.49. The molecule has 7 heteroatoms. The van der Waals surface area contributed by atoms with Gasteiger partial charge in [0.05, 0.1) is 31.4 Å². The zero-order valence-electron chi connectivity index (χ0n) is 24.9. The van der Waals surface area contributed by atoms with Gasteiger partial charge in [0.25, 0.3) is 5.91 Å². The average Bonchev–Trinajstić information content (AvgIpc) is 3.01. The maximum absolute atomic E-state index is 14.0. The van der Waals surface area contributed by atoms with Crippen molar-refractivity contribution in [3.8, 4) is 11.1 Å². The van der Waals surface area contributed by atoms with Gasteiger partial charge < -0.3 is 19.6 Å². The Morgan fingerprint density at radius 2 is 1.56 bits per heavy atom. The number of nitrogens with zero attached hydrogens (tertiary/aromatic N) is 3. The summed E-state index contributed by atoms with van der Waals surface area (Å²) in [5.74, 6) is -0.203. The molecule has 7 nitrogen and oxygen atoms in total. The smallest absolute Gasteiger partial charge is 0.254 e. The van der Waals surface area contributed by atoms with Crippen LogP contribution in [0.2, 0.25) is 0 Å². The number of hydrogen-bond acceptors (Lipinski definition) is 5. The number of hydrogen-bond donors (Lipinski definition) is 1. The number of carbonyl (C=O) groups excluding carboxylic acids is 2. The molecule has 0 radical (unpaired) electrons. The number of rotatable bonds is 8. The zero-order chi connectivity index (χ0) is 29.5. The molecule has 3 aromatic carbocycles. The number of benzene rings is 3. The summed E-state index contributed by atoms with van der Waals surface area (Å²) in [5.41, 5.74) is 4.49. The third kappa shape index (κ3) is 7.22. The van der Waals surface area contributed by atoms with Gasteiger partial charge in [-0.25, -0.2) is 0 Å². The molecule has 2 amide bonds. The van der Waals surface area contributed by atoms with Gasteiger partial charge in [-0.2, -0.15) is 0 Å². The van der Waals surface area contributed by atoms with E-state index in [1.807, 2.05) is 112 Å². The second-order valence-electron chi connectivity index (χ2n) is 11.4. The van der Waals surface area contributed by atoms with Crippen molar-refractivity contribution in [2.24, 2.45) is 5.92 Å². The highest BCUT2D eigenvalue weighted by atomic mass is 16.5. The molecule has 41 heavy (non-hydrogen) atoms. The Bertz CT molecular complexity index is 1310. The lowest BCUT2D eigenvalue weighted by Crippen LogP contribution is -2.50. The highest BCUT2D eigenvalue weighted by Crippen LogP contribution is 2.31. The fraction of sp³-hybridized carbons (Fsp3) is 0.412. The second kappa shape index (κ2) is 13.9. The molecule has 1 N–H and O–H groups in total. The van der Waals surface area contributed by atoms with E-state index < -0.39 is 0 Å². The lowest BCUT2D eigenvalue weighted by molar-refractivity contribution is -0.137. The molecule has 4 atom stereocenters. The average molecular weight is 558 g/mol. The summed E-state index contributed by atoms with van der Waals surface area (Å²) in [7, 11) is 5.69. The summed E-state index contributed by atoms with van der Waals surface area (Å²) in [5, 5.41) is 10.1. The fourth-order valence-corrected chi connectivity index (χ4v) is 5.49. The van der Waals surface area contributed by atoms with Gasteiger partial charge in [-0.3, -0.25) is 14.5 Å². The molecule has 1 aliphatic rings. The maximum Gasteiger partial charge on any atom is 0.254 e. The number of aliphatic hydroxyl groups is 1. The van der Waals surface area contributed by atoms with Gasteiger partial charge in [-0.1, -0.05) is 79.7 Å². The van der Waals surface area contributed by atoms with Crippen LogP contribution in [0.5, 0.6) is 0 Å². The Morgan fingerprint density at radius 3 is 2.22 bits per heavy atom. The Kier molecular flexibility index (Phi) is 10.3. The summed E-state index contributed by atoms with van der Waals surface area (Å²) < 4.78 is 6.60. The third-order valence-electron chi connectivity index (χ3n) is 8.10. The molecule has 0 saturated heterocycles. The summed E-state index contributed by atoms with van der Waals surface area (Å²) in [6.45, 7) is 4.88. The standard InChI is InChI=1S/C34H43N3O4/c1-24-20-37(25(2)22-38)33(39)30-18-12-11-17-29(30)28-16-10-9-15-27(28)23-41-32(24)21-36(5)34(40)31(35(3)4)19-26-13-7-6-8-14-26/h6-18,24-25,31-32,38H,19-23H2,1-5H3/t24-,25+,31+,32-/m0/s1. The number of likely N-dealkylation sites (N-methyl/N-ethyl adjacent to an activating group) is 2. The first-order valence-corrected chi connectivity index (χ1v) is 14.4. The van der Waals surface area contributed by atoms with Crippen molar-refractivity contribution in [3.63, 3.8) is 0 Å². The molecule has 218 valence electrons. The van der Waals surface area contributed by atoms with E-state index in [0.29, 0.717) is 31.7 Å². The molecule has 3 aromatic rings. The molecule has 4 rings (SSSR count). The quantitative estimate of drug-likeness (QED) is 0.446. The molecule has 0 fully saturated rings. The van der Waals surface area contributed by atoms with Crippen LogP contribution in [0.25, 0.3) is 11.1 Å². The first-order chi connectivity index (χ1) is 19.7. The van der Waals surface area contributed by atoms with Crippen molar-refractivity contribution >= 4 is 11.8 Å². The van der Waals surface area contributed by atoms with Crippen LogP contribution in [0.15, 0.2) is 78.9 Å². The minimum absolute atomic E-state index is 0.0217. The minimum atomic E-state index is -0.377. The zero-order valence-corrected chi connectivity index (χ0v) is 24.9. The summed E-state index contributed by atoms with van der Waals surface area (Å²) in [6, 6.07) is 25.0. The van der Waals surface area contributed by atoms with Crippen molar-refractivity contribution < 1.29 is 19.4 Å². The van der Waals surface area contributed by atoms with Gasteiger partial charge in [0.1, 0.15) is 0 Å². The van der Waals surface area contributed by atoms with Crippen LogP contribution < -0.4 is 0 Å². The van der Waals surface area contributed by atoms with Crippen LogP contribution in [-0.2, 0) is 22.6 Å². The number of carbonyl (C=O) groups is 2. The number of fused-ring (bicyclic) bond motifs is 3. The van der Waals surface area contributed by atoms with Gasteiger partial charge >= 0.3 is 0 Å². The van der Waals surface area contributed by atoms with Crippen molar-refractivity contribution in [2.45, 2.75) is 45.1 Å². The molecular weight excluding hydrogens is 514 g/mol. The van der Waals surface area contributed by atoms with E-state index in [9.17, 15) is 14.7 Å². The lowest BCUT2D eigenvalue weighted by Gasteiger charge is -2.36. The van der Waals surface area contributed by atoms with E-state index in [1.54, 1.807) is 9.80 Å². The predicted octanol–water partition coefficient (Wildman–Crippen LogP) is 4.34. The van der Waals surface area contributed by atoms with Crippen LogP contribution in [0.3, 0.4) is 0 Å². The largest absolute Gasteiger partial charge is 0.394 e. The summed E-state index contributed by atoms with van der Waals surface area (Å²) in [6.07, 6.45) is 0.277. The monoisotopic (exact) mass is 557 g/mol. The number of aliphatic hydroxyl groups excluding tert-OH is 1. The van der Waals surface area contributed by atoms with Crippen molar-refractivity contribution in [1.29, 1.82) is 0 Å².